The molecule has 24 heavy (non-hydrogen) atoms. The van der Waals surface area contributed by atoms with Gasteiger partial charge in [0.25, 0.3) is 10.0 Å². The van der Waals surface area contributed by atoms with E-state index < -0.39 is 15.7 Å². The molecule has 0 bridgehead atoms. The van der Waals surface area contributed by atoms with Crippen molar-refractivity contribution < 1.29 is 13.2 Å². The number of rotatable bonds is 3. The molecule has 2 fully saturated rings. The van der Waals surface area contributed by atoms with E-state index in [1.54, 1.807) is 12.1 Å². The standard InChI is InChI=1S/C16H22N4O3S/c1-13-4-6-14(7-5-13)24(21,22)20-16(19-9-11-23-12-10-19)8-2-3-15(16)17-18-20/h4-7,15H,2-3,8-12H2,1H3. The van der Waals surface area contributed by atoms with Gasteiger partial charge in [-0.25, -0.2) is 0 Å². The minimum absolute atomic E-state index is 0.0872. The third-order valence-corrected chi connectivity index (χ3v) is 6.98. The van der Waals surface area contributed by atoms with Gasteiger partial charge < -0.3 is 4.74 Å². The summed E-state index contributed by atoms with van der Waals surface area (Å²) in [5.74, 6) is 0. The SMILES string of the molecule is Cc1ccc(S(=O)(=O)N2N=NC3CCCC32N2CCOCC2)cc1. The number of sulfonamides is 1. The number of aryl methyl sites for hydroxylation is 1. The molecule has 1 aromatic carbocycles. The lowest BCUT2D eigenvalue weighted by Gasteiger charge is -2.45. The number of benzene rings is 1. The van der Waals surface area contributed by atoms with Crippen molar-refractivity contribution in [2.45, 2.75) is 42.8 Å². The van der Waals surface area contributed by atoms with E-state index in [9.17, 15) is 8.42 Å². The predicted molar refractivity (Wildman–Crippen MR) is 87.8 cm³/mol. The van der Waals surface area contributed by atoms with E-state index in [0.717, 1.165) is 24.8 Å². The fourth-order valence-electron chi connectivity index (χ4n) is 4.02. The Morgan fingerprint density at radius 3 is 2.62 bits per heavy atom. The number of hydrogen-bond donors (Lipinski definition) is 0. The summed E-state index contributed by atoms with van der Waals surface area (Å²) in [6, 6.07) is 6.84. The molecular formula is C16H22N4O3S. The molecule has 1 saturated heterocycles. The molecule has 1 aromatic rings. The predicted octanol–water partition coefficient (Wildman–Crippen LogP) is 1.95. The lowest BCUT2D eigenvalue weighted by Crippen LogP contribution is -2.64. The largest absolute Gasteiger partial charge is 0.379 e. The van der Waals surface area contributed by atoms with Crippen molar-refractivity contribution in [3.8, 4) is 0 Å². The molecule has 130 valence electrons. The minimum Gasteiger partial charge on any atom is -0.379 e. The number of ether oxygens (including phenoxy) is 1. The molecule has 3 aliphatic rings. The van der Waals surface area contributed by atoms with Gasteiger partial charge in [-0.05, 0) is 38.3 Å². The summed E-state index contributed by atoms with van der Waals surface area (Å²) in [6.07, 6.45) is 2.59. The Morgan fingerprint density at radius 1 is 1.21 bits per heavy atom. The van der Waals surface area contributed by atoms with Crippen molar-refractivity contribution in [1.29, 1.82) is 0 Å². The van der Waals surface area contributed by atoms with E-state index in [0.29, 0.717) is 26.3 Å². The highest BCUT2D eigenvalue weighted by Gasteiger charge is 2.59. The van der Waals surface area contributed by atoms with Crippen LogP contribution in [0.25, 0.3) is 0 Å². The molecule has 2 heterocycles. The molecule has 0 radical (unpaired) electrons. The van der Waals surface area contributed by atoms with E-state index in [4.69, 9.17) is 4.74 Å². The maximum absolute atomic E-state index is 13.3. The maximum Gasteiger partial charge on any atom is 0.282 e. The molecule has 0 amide bonds. The van der Waals surface area contributed by atoms with Gasteiger partial charge in [-0.15, -0.1) is 4.41 Å². The van der Waals surface area contributed by atoms with Gasteiger partial charge >= 0.3 is 0 Å². The summed E-state index contributed by atoms with van der Waals surface area (Å²) in [5.41, 5.74) is 0.367. The Balaban J connectivity index is 1.75. The molecule has 4 rings (SSSR count). The maximum atomic E-state index is 13.3. The lowest BCUT2D eigenvalue weighted by atomic mass is 10.0. The molecule has 2 unspecified atom stereocenters. The summed E-state index contributed by atoms with van der Waals surface area (Å²) in [7, 11) is -3.73. The summed E-state index contributed by atoms with van der Waals surface area (Å²) < 4.78 is 33.2. The fraction of sp³-hybridized carbons (Fsp3) is 0.625. The van der Waals surface area contributed by atoms with E-state index in [-0.39, 0.29) is 10.9 Å². The molecule has 0 N–H and O–H groups in total. The highest BCUT2D eigenvalue weighted by atomic mass is 32.2. The zero-order chi connectivity index (χ0) is 16.8. The monoisotopic (exact) mass is 350 g/mol. The number of fused-ring (bicyclic) bond motifs is 1. The van der Waals surface area contributed by atoms with Crippen LogP contribution in [0.1, 0.15) is 24.8 Å². The van der Waals surface area contributed by atoms with Crippen molar-refractivity contribution in [1.82, 2.24) is 9.31 Å². The minimum atomic E-state index is -3.73. The molecule has 1 saturated carbocycles. The van der Waals surface area contributed by atoms with Gasteiger partial charge in [-0.3, -0.25) is 4.90 Å². The quantitative estimate of drug-likeness (QED) is 0.835. The Hall–Kier alpha value is -1.51. The number of nitrogens with zero attached hydrogens (tertiary/aromatic N) is 4. The zero-order valence-corrected chi connectivity index (χ0v) is 14.6. The smallest absolute Gasteiger partial charge is 0.282 e. The first kappa shape index (κ1) is 16.0. The fourth-order valence-corrected chi connectivity index (χ4v) is 5.58. The Morgan fingerprint density at radius 2 is 1.92 bits per heavy atom. The van der Waals surface area contributed by atoms with E-state index in [2.05, 4.69) is 15.2 Å². The van der Waals surface area contributed by atoms with Crippen LogP contribution in [0.4, 0.5) is 0 Å². The van der Waals surface area contributed by atoms with E-state index in [1.807, 2.05) is 19.1 Å². The molecule has 2 aliphatic heterocycles. The average molecular weight is 350 g/mol. The molecule has 0 spiro atoms. The van der Waals surface area contributed by atoms with Crippen molar-refractivity contribution in [3.63, 3.8) is 0 Å². The Bertz CT molecular complexity index is 743. The summed E-state index contributed by atoms with van der Waals surface area (Å²) >= 11 is 0. The van der Waals surface area contributed by atoms with Crippen LogP contribution in [0.3, 0.4) is 0 Å². The Labute approximate surface area is 142 Å². The first-order valence-electron chi connectivity index (χ1n) is 8.41. The first-order valence-corrected chi connectivity index (χ1v) is 9.85. The molecule has 0 aromatic heterocycles. The lowest BCUT2D eigenvalue weighted by molar-refractivity contribution is -0.0621. The van der Waals surface area contributed by atoms with Gasteiger partial charge in [0, 0.05) is 13.1 Å². The second-order valence-electron chi connectivity index (χ2n) is 6.65. The van der Waals surface area contributed by atoms with E-state index >= 15 is 0 Å². The second kappa shape index (κ2) is 5.79. The number of morpholine rings is 1. The van der Waals surface area contributed by atoms with Crippen LogP contribution in [-0.4, -0.2) is 55.7 Å². The highest BCUT2D eigenvalue weighted by Crippen LogP contribution is 2.47. The zero-order valence-electron chi connectivity index (χ0n) is 13.8. The molecule has 7 nitrogen and oxygen atoms in total. The number of hydrogen-bond acceptors (Lipinski definition) is 6. The Kier molecular flexibility index (Phi) is 3.85. The van der Waals surface area contributed by atoms with Crippen LogP contribution >= 0.6 is 0 Å². The van der Waals surface area contributed by atoms with Crippen LogP contribution in [0.2, 0.25) is 0 Å². The van der Waals surface area contributed by atoms with Crippen LogP contribution in [-0.2, 0) is 14.8 Å². The van der Waals surface area contributed by atoms with Crippen molar-refractivity contribution in [3.05, 3.63) is 29.8 Å². The summed E-state index contributed by atoms with van der Waals surface area (Å²) in [4.78, 5) is 2.48. The van der Waals surface area contributed by atoms with Crippen LogP contribution in [0, 0.1) is 6.92 Å². The summed E-state index contributed by atoms with van der Waals surface area (Å²) in [5, 5.41) is 8.45. The average Bonchev–Trinajstić information content (AvgIpc) is 3.15. The van der Waals surface area contributed by atoms with Crippen molar-refractivity contribution >= 4 is 10.0 Å². The molecular weight excluding hydrogens is 328 g/mol. The van der Waals surface area contributed by atoms with Crippen LogP contribution in [0.5, 0.6) is 0 Å². The van der Waals surface area contributed by atoms with Gasteiger partial charge in [0.1, 0.15) is 6.04 Å². The van der Waals surface area contributed by atoms with Gasteiger partial charge in [0.05, 0.1) is 18.1 Å². The summed E-state index contributed by atoms with van der Waals surface area (Å²) in [6.45, 7) is 4.59. The molecule has 8 heteroatoms. The first-order chi connectivity index (χ1) is 11.5. The van der Waals surface area contributed by atoms with Gasteiger partial charge in [0.15, 0.2) is 5.66 Å². The van der Waals surface area contributed by atoms with E-state index in [1.165, 1.54) is 4.41 Å². The normalized spacial score (nSPS) is 30.7. The van der Waals surface area contributed by atoms with Gasteiger partial charge in [-0.2, -0.15) is 13.5 Å². The topological polar surface area (TPSA) is 74.6 Å². The second-order valence-corrected chi connectivity index (χ2v) is 8.42. The van der Waals surface area contributed by atoms with Gasteiger partial charge in [-0.1, -0.05) is 22.9 Å². The third kappa shape index (κ3) is 2.28. The highest BCUT2D eigenvalue weighted by molar-refractivity contribution is 7.89. The van der Waals surface area contributed by atoms with Crippen molar-refractivity contribution in [2.24, 2.45) is 10.3 Å². The van der Waals surface area contributed by atoms with Crippen molar-refractivity contribution in [2.75, 3.05) is 26.3 Å². The van der Waals surface area contributed by atoms with Crippen LogP contribution in [0.15, 0.2) is 39.5 Å². The third-order valence-electron chi connectivity index (χ3n) is 5.26. The molecule has 2 atom stereocenters. The molecule has 1 aliphatic carbocycles. The van der Waals surface area contributed by atoms with Crippen LogP contribution < -0.4 is 0 Å². The van der Waals surface area contributed by atoms with Gasteiger partial charge in [0.2, 0.25) is 0 Å².